The molecule has 1 fully saturated rings. The zero-order chi connectivity index (χ0) is 10.8. The summed E-state index contributed by atoms with van der Waals surface area (Å²) in [5, 5.41) is 4.34. The van der Waals surface area contributed by atoms with E-state index >= 15 is 0 Å². The average molecular weight is 209 g/mol. The van der Waals surface area contributed by atoms with Crippen molar-refractivity contribution in [2.24, 2.45) is 18.7 Å². The quantitative estimate of drug-likeness (QED) is 0.777. The Morgan fingerprint density at radius 2 is 2.47 bits per heavy atom. The molecule has 1 aliphatic rings. The van der Waals surface area contributed by atoms with E-state index in [9.17, 15) is 0 Å². The Bertz CT molecular complexity index is 335. The number of aryl methyl sites for hydroxylation is 2. The third-order valence-electron chi connectivity index (χ3n) is 3.10. The molecule has 1 aromatic rings. The minimum absolute atomic E-state index is 0.272. The molecular formula is C11H19N3O. The van der Waals surface area contributed by atoms with Crippen LogP contribution in [0.4, 0.5) is 0 Å². The summed E-state index contributed by atoms with van der Waals surface area (Å²) < 4.78 is 7.40. The van der Waals surface area contributed by atoms with Crippen LogP contribution in [0.25, 0.3) is 0 Å². The molecule has 2 N–H and O–H groups in total. The molecule has 2 unspecified atom stereocenters. The lowest BCUT2D eigenvalue weighted by Gasteiger charge is -2.28. The first kappa shape index (κ1) is 10.6. The van der Waals surface area contributed by atoms with Crippen LogP contribution in [-0.2, 0) is 18.2 Å². The fourth-order valence-electron chi connectivity index (χ4n) is 2.15. The molecule has 0 spiro atoms. The van der Waals surface area contributed by atoms with E-state index in [0.717, 1.165) is 31.7 Å². The lowest BCUT2D eigenvalue weighted by Crippen LogP contribution is -2.40. The SMILES string of the molecule is Cc1cc(CC2COCCC2N)n(C)n1. The third kappa shape index (κ3) is 2.38. The monoisotopic (exact) mass is 209 g/mol. The molecule has 0 amide bonds. The third-order valence-corrected chi connectivity index (χ3v) is 3.10. The molecular weight excluding hydrogens is 190 g/mol. The Morgan fingerprint density at radius 1 is 1.67 bits per heavy atom. The number of rotatable bonds is 2. The number of nitrogens with two attached hydrogens (primary N) is 1. The highest BCUT2D eigenvalue weighted by Crippen LogP contribution is 2.18. The maximum absolute atomic E-state index is 6.07. The van der Waals surface area contributed by atoms with Crippen molar-refractivity contribution >= 4 is 0 Å². The standard InChI is InChI=1S/C11H19N3O/c1-8-5-10(14(2)13-8)6-9-7-15-4-3-11(9)12/h5,9,11H,3-4,6-7,12H2,1-2H3. The van der Waals surface area contributed by atoms with Crippen molar-refractivity contribution in [2.45, 2.75) is 25.8 Å². The van der Waals surface area contributed by atoms with E-state index in [0.29, 0.717) is 5.92 Å². The summed E-state index contributed by atoms with van der Waals surface area (Å²) in [5.41, 5.74) is 8.39. The Kier molecular flexibility index (Phi) is 3.07. The van der Waals surface area contributed by atoms with Gasteiger partial charge in [-0.25, -0.2) is 0 Å². The Morgan fingerprint density at radius 3 is 3.07 bits per heavy atom. The van der Waals surface area contributed by atoms with E-state index in [-0.39, 0.29) is 6.04 Å². The molecule has 15 heavy (non-hydrogen) atoms. The van der Waals surface area contributed by atoms with Crippen molar-refractivity contribution in [2.75, 3.05) is 13.2 Å². The highest BCUT2D eigenvalue weighted by molar-refractivity contribution is 5.10. The molecule has 2 atom stereocenters. The predicted octanol–water partition coefficient (Wildman–Crippen LogP) is 0.635. The maximum atomic E-state index is 6.07. The minimum atomic E-state index is 0.272. The van der Waals surface area contributed by atoms with Crippen LogP contribution >= 0.6 is 0 Å². The Balaban J connectivity index is 2.04. The van der Waals surface area contributed by atoms with Crippen molar-refractivity contribution in [1.82, 2.24) is 9.78 Å². The largest absolute Gasteiger partial charge is 0.381 e. The number of hydrogen-bond acceptors (Lipinski definition) is 3. The van der Waals surface area contributed by atoms with Crippen LogP contribution in [0, 0.1) is 12.8 Å². The van der Waals surface area contributed by atoms with Gasteiger partial charge in [-0.05, 0) is 25.8 Å². The van der Waals surface area contributed by atoms with Gasteiger partial charge < -0.3 is 10.5 Å². The van der Waals surface area contributed by atoms with Gasteiger partial charge in [-0.15, -0.1) is 0 Å². The second kappa shape index (κ2) is 4.33. The Hall–Kier alpha value is -0.870. The summed E-state index contributed by atoms with van der Waals surface area (Å²) in [6.07, 6.45) is 1.94. The van der Waals surface area contributed by atoms with Crippen LogP contribution in [0.15, 0.2) is 6.07 Å². The molecule has 2 heterocycles. The molecule has 0 saturated carbocycles. The first-order valence-electron chi connectivity index (χ1n) is 5.49. The number of nitrogens with zero attached hydrogens (tertiary/aromatic N) is 2. The summed E-state index contributed by atoms with van der Waals surface area (Å²) in [5.74, 6) is 0.438. The van der Waals surface area contributed by atoms with Crippen molar-refractivity contribution < 1.29 is 4.74 Å². The molecule has 1 aromatic heterocycles. The van der Waals surface area contributed by atoms with E-state index < -0.39 is 0 Å². The van der Waals surface area contributed by atoms with Crippen LogP contribution in [-0.4, -0.2) is 29.0 Å². The van der Waals surface area contributed by atoms with Gasteiger partial charge in [0.1, 0.15) is 0 Å². The van der Waals surface area contributed by atoms with Crippen molar-refractivity contribution in [3.63, 3.8) is 0 Å². The van der Waals surface area contributed by atoms with Crippen LogP contribution in [0.2, 0.25) is 0 Å². The zero-order valence-corrected chi connectivity index (χ0v) is 9.44. The summed E-state index contributed by atoms with van der Waals surface area (Å²) >= 11 is 0. The fraction of sp³-hybridized carbons (Fsp3) is 0.727. The molecule has 0 bridgehead atoms. The molecule has 1 saturated heterocycles. The average Bonchev–Trinajstić information content (AvgIpc) is 2.49. The maximum Gasteiger partial charge on any atom is 0.0596 e. The minimum Gasteiger partial charge on any atom is -0.381 e. The zero-order valence-electron chi connectivity index (χ0n) is 9.44. The molecule has 84 valence electrons. The second-order valence-electron chi connectivity index (χ2n) is 4.39. The first-order chi connectivity index (χ1) is 7.16. The summed E-state index contributed by atoms with van der Waals surface area (Å²) in [7, 11) is 1.98. The second-order valence-corrected chi connectivity index (χ2v) is 4.39. The Labute approximate surface area is 90.4 Å². The van der Waals surface area contributed by atoms with Crippen LogP contribution in [0.3, 0.4) is 0 Å². The summed E-state index contributed by atoms with van der Waals surface area (Å²) in [6, 6.07) is 2.40. The molecule has 4 nitrogen and oxygen atoms in total. The molecule has 0 aliphatic carbocycles. The van der Waals surface area contributed by atoms with Gasteiger partial charge in [-0.2, -0.15) is 5.10 Å². The topological polar surface area (TPSA) is 53.1 Å². The van der Waals surface area contributed by atoms with Gasteiger partial charge in [0.2, 0.25) is 0 Å². The van der Waals surface area contributed by atoms with Crippen molar-refractivity contribution in [3.8, 4) is 0 Å². The summed E-state index contributed by atoms with van der Waals surface area (Å²) in [4.78, 5) is 0. The van der Waals surface area contributed by atoms with E-state index in [1.807, 2.05) is 18.7 Å². The van der Waals surface area contributed by atoms with E-state index in [4.69, 9.17) is 10.5 Å². The van der Waals surface area contributed by atoms with Gasteiger partial charge in [0.05, 0.1) is 12.3 Å². The lowest BCUT2D eigenvalue weighted by atomic mass is 9.92. The number of hydrogen-bond donors (Lipinski definition) is 1. The molecule has 4 heteroatoms. The lowest BCUT2D eigenvalue weighted by molar-refractivity contribution is 0.0416. The van der Waals surface area contributed by atoms with Crippen LogP contribution < -0.4 is 5.73 Å². The predicted molar refractivity (Wildman–Crippen MR) is 58.6 cm³/mol. The van der Waals surface area contributed by atoms with E-state index in [2.05, 4.69) is 11.2 Å². The summed E-state index contributed by atoms with van der Waals surface area (Å²) in [6.45, 7) is 3.61. The van der Waals surface area contributed by atoms with Crippen molar-refractivity contribution in [3.05, 3.63) is 17.5 Å². The molecule has 0 aromatic carbocycles. The molecule has 1 aliphatic heterocycles. The van der Waals surface area contributed by atoms with E-state index in [1.54, 1.807) is 0 Å². The van der Waals surface area contributed by atoms with Crippen LogP contribution in [0.1, 0.15) is 17.8 Å². The van der Waals surface area contributed by atoms with Gasteiger partial charge >= 0.3 is 0 Å². The van der Waals surface area contributed by atoms with Gasteiger partial charge in [0.25, 0.3) is 0 Å². The normalized spacial score (nSPS) is 26.9. The van der Waals surface area contributed by atoms with Gasteiger partial charge in [-0.3, -0.25) is 4.68 Å². The van der Waals surface area contributed by atoms with Gasteiger partial charge in [-0.1, -0.05) is 0 Å². The van der Waals surface area contributed by atoms with Gasteiger partial charge in [0, 0.05) is 31.3 Å². The highest BCUT2D eigenvalue weighted by atomic mass is 16.5. The number of aromatic nitrogens is 2. The molecule has 2 rings (SSSR count). The van der Waals surface area contributed by atoms with Crippen molar-refractivity contribution in [1.29, 1.82) is 0 Å². The number of ether oxygens (including phenoxy) is 1. The first-order valence-corrected chi connectivity index (χ1v) is 5.49. The van der Waals surface area contributed by atoms with Crippen LogP contribution in [0.5, 0.6) is 0 Å². The van der Waals surface area contributed by atoms with Gasteiger partial charge in [0.15, 0.2) is 0 Å². The van der Waals surface area contributed by atoms with E-state index in [1.165, 1.54) is 5.69 Å². The fourth-order valence-corrected chi connectivity index (χ4v) is 2.15. The smallest absolute Gasteiger partial charge is 0.0596 e. The highest BCUT2D eigenvalue weighted by Gasteiger charge is 2.23. The molecule has 0 radical (unpaired) electrons.